The maximum absolute atomic E-state index is 12.5. The second-order valence-corrected chi connectivity index (χ2v) is 6.18. The third-order valence-electron chi connectivity index (χ3n) is 4.32. The fraction of sp³-hybridized carbons (Fsp3) is 0.100. The van der Waals surface area contributed by atoms with Crippen LogP contribution >= 0.6 is 0 Å². The largest absolute Gasteiger partial charge is 0.299 e. The van der Waals surface area contributed by atoms with E-state index in [1.165, 1.54) is 4.90 Å². The van der Waals surface area contributed by atoms with Gasteiger partial charge in [0.2, 0.25) is 11.9 Å². The quantitative estimate of drug-likeness (QED) is 0.759. The molecule has 0 saturated heterocycles. The van der Waals surface area contributed by atoms with Crippen molar-refractivity contribution in [2.45, 2.75) is 6.54 Å². The van der Waals surface area contributed by atoms with Gasteiger partial charge < -0.3 is 0 Å². The minimum atomic E-state index is -0.380. The molecule has 1 N–H and O–H groups in total. The van der Waals surface area contributed by atoms with E-state index in [9.17, 15) is 9.59 Å². The summed E-state index contributed by atoms with van der Waals surface area (Å²) in [6, 6.07) is 17.0. The number of anilines is 1. The lowest BCUT2D eigenvalue weighted by molar-refractivity contribution is -0.116. The first-order valence-electron chi connectivity index (χ1n) is 8.45. The molecule has 1 aliphatic rings. The van der Waals surface area contributed by atoms with Gasteiger partial charge in [0.05, 0.1) is 6.54 Å². The SMILES string of the molecule is C=C1c2ccccc2C(=O)N1CC(=O)Nc1ncn(Cc2ccccc2)n1. The molecule has 3 aromatic rings. The lowest BCUT2D eigenvalue weighted by Crippen LogP contribution is -2.33. The van der Waals surface area contributed by atoms with Crippen LogP contribution in [0.4, 0.5) is 5.95 Å². The van der Waals surface area contributed by atoms with E-state index in [1.807, 2.05) is 42.5 Å². The second-order valence-electron chi connectivity index (χ2n) is 6.18. The lowest BCUT2D eigenvalue weighted by atomic mass is 10.1. The Labute approximate surface area is 155 Å². The highest BCUT2D eigenvalue weighted by molar-refractivity contribution is 6.10. The molecule has 7 nitrogen and oxygen atoms in total. The summed E-state index contributed by atoms with van der Waals surface area (Å²) in [5.74, 6) is -0.409. The maximum Gasteiger partial charge on any atom is 0.259 e. The van der Waals surface area contributed by atoms with Crippen LogP contribution in [0.5, 0.6) is 0 Å². The van der Waals surface area contributed by atoms with E-state index in [4.69, 9.17) is 0 Å². The maximum atomic E-state index is 12.5. The van der Waals surface area contributed by atoms with Gasteiger partial charge >= 0.3 is 0 Å². The zero-order valence-electron chi connectivity index (χ0n) is 14.5. The Morgan fingerprint density at radius 1 is 1.04 bits per heavy atom. The summed E-state index contributed by atoms with van der Waals surface area (Å²) in [6.45, 7) is 4.34. The molecule has 1 aliphatic heterocycles. The minimum Gasteiger partial charge on any atom is -0.299 e. The van der Waals surface area contributed by atoms with Crippen LogP contribution in [0, 0.1) is 0 Å². The third kappa shape index (κ3) is 3.35. The van der Waals surface area contributed by atoms with Crippen molar-refractivity contribution in [3.63, 3.8) is 0 Å². The topological polar surface area (TPSA) is 80.1 Å². The molecule has 0 bridgehead atoms. The fourth-order valence-corrected chi connectivity index (χ4v) is 3.01. The summed E-state index contributed by atoms with van der Waals surface area (Å²) >= 11 is 0. The van der Waals surface area contributed by atoms with Gasteiger partial charge in [-0.2, -0.15) is 0 Å². The molecule has 0 aliphatic carbocycles. The number of fused-ring (bicyclic) bond motifs is 1. The van der Waals surface area contributed by atoms with Crippen LogP contribution in [0.3, 0.4) is 0 Å². The summed E-state index contributed by atoms with van der Waals surface area (Å²) in [4.78, 5) is 30.3. The number of hydrogen-bond acceptors (Lipinski definition) is 4. The molecule has 2 heterocycles. The van der Waals surface area contributed by atoms with Crippen LogP contribution < -0.4 is 5.32 Å². The van der Waals surface area contributed by atoms with E-state index in [-0.39, 0.29) is 24.3 Å². The average Bonchev–Trinajstić information content (AvgIpc) is 3.21. The molecule has 0 saturated carbocycles. The number of carbonyl (C=O) groups excluding carboxylic acids is 2. The highest BCUT2D eigenvalue weighted by Gasteiger charge is 2.31. The number of hydrogen-bond donors (Lipinski definition) is 1. The second kappa shape index (κ2) is 6.87. The predicted molar refractivity (Wildman–Crippen MR) is 101 cm³/mol. The van der Waals surface area contributed by atoms with Crippen molar-refractivity contribution in [3.8, 4) is 0 Å². The molecule has 0 atom stereocenters. The molecule has 0 radical (unpaired) electrons. The first-order valence-corrected chi connectivity index (χ1v) is 8.45. The Morgan fingerprint density at radius 3 is 2.48 bits per heavy atom. The number of nitrogens with one attached hydrogen (secondary N) is 1. The molecule has 2 aromatic carbocycles. The molecule has 0 unspecified atom stereocenters. The fourth-order valence-electron chi connectivity index (χ4n) is 3.01. The van der Waals surface area contributed by atoms with Crippen molar-refractivity contribution < 1.29 is 9.59 Å². The van der Waals surface area contributed by atoms with Crippen LogP contribution in [-0.2, 0) is 11.3 Å². The zero-order chi connectivity index (χ0) is 18.8. The summed E-state index contributed by atoms with van der Waals surface area (Å²) in [5.41, 5.74) is 2.91. The van der Waals surface area contributed by atoms with Crippen molar-refractivity contribution in [1.29, 1.82) is 0 Å². The normalized spacial score (nSPS) is 13.0. The monoisotopic (exact) mass is 359 g/mol. The average molecular weight is 359 g/mol. The molecule has 0 spiro atoms. The van der Waals surface area contributed by atoms with Gasteiger partial charge in [0.1, 0.15) is 12.9 Å². The Hall–Kier alpha value is -3.74. The molecule has 27 heavy (non-hydrogen) atoms. The van der Waals surface area contributed by atoms with E-state index in [0.29, 0.717) is 17.8 Å². The van der Waals surface area contributed by atoms with Crippen LogP contribution in [-0.4, -0.2) is 38.0 Å². The van der Waals surface area contributed by atoms with Gasteiger partial charge in [0.15, 0.2) is 0 Å². The minimum absolute atomic E-state index is 0.139. The Bertz CT molecular complexity index is 991. The number of aromatic nitrogens is 3. The number of benzene rings is 2. The molecular formula is C20H17N5O2. The van der Waals surface area contributed by atoms with Crippen molar-refractivity contribution in [2.24, 2.45) is 0 Å². The van der Waals surface area contributed by atoms with Crippen LogP contribution in [0.15, 0.2) is 67.5 Å². The van der Waals surface area contributed by atoms with Gasteiger partial charge in [-0.1, -0.05) is 55.1 Å². The summed E-state index contributed by atoms with van der Waals surface area (Å²) in [7, 11) is 0. The van der Waals surface area contributed by atoms with Gasteiger partial charge in [0, 0.05) is 16.8 Å². The molecule has 2 amide bonds. The molecule has 7 heteroatoms. The predicted octanol–water partition coefficient (Wildman–Crippen LogP) is 2.39. The van der Waals surface area contributed by atoms with E-state index < -0.39 is 0 Å². The van der Waals surface area contributed by atoms with E-state index in [0.717, 1.165) is 11.1 Å². The van der Waals surface area contributed by atoms with Gasteiger partial charge in [-0.05, 0) is 11.6 Å². The Balaban J connectivity index is 1.39. The number of nitrogens with zero attached hydrogens (tertiary/aromatic N) is 4. The molecular weight excluding hydrogens is 342 g/mol. The van der Waals surface area contributed by atoms with Crippen LogP contribution in [0.2, 0.25) is 0 Å². The summed E-state index contributed by atoms with van der Waals surface area (Å²) in [6.07, 6.45) is 1.55. The van der Waals surface area contributed by atoms with Crippen molar-refractivity contribution in [3.05, 3.63) is 84.2 Å². The molecule has 0 fully saturated rings. The number of carbonyl (C=O) groups is 2. The Morgan fingerprint density at radius 2 is 1.74 bits per heavy atom. The van der Waals surface area contributed by atoms with Gasteiger partial charge in [-0.3, -0.25) is 19.8 Å². The highest BCUT2D eigenvalue weighted by atomic mass is 16.2. The Kier molecular flexibility index (Phi) is 4.25. The van der Waals surface area contributed by atoms with Gasteiger partial charge in [0.25, 0.3) is 5.91 Å². The number of rotatable bonds is 5. The lowest BCUT2D eigenvalue weighted by Gasteiger charge is -2.16. The smallest absolute Gasteiger partial charge is 0.259 e. The van der Waals surface area contributed by atoms with E-state index >= 15 is 0 Å². The number of amides is 2. The standard InChI is InChI=1S/C20H17N5O2/c1-14-16-9-5-6-10-17(16)19(27)25(14)12-18(26)22-20-21-13-24(23-20)11-15-7-3-2-4-8-15/h2-10,13H,1,11-12H2,(H,22,23,26). The van der Waals surface area contributed by atoms with Gasteiger partial charge in [-0.25, -0.2) is 9.67 Å². The molecule has 134 valence electrons. The zero-order valence-corrected chi connectivity index (χ0v) is 14.5. The first-order chi connectivity index (χ1) is 13.1. The molecule has 4 rings (SSSR count). The first kappa shape index (κ1) is 16.7. The van der Waals surface area contributed by atoms with Crippen molar-refractivity contribution in [2.75, 3.05) is 11.9 Å². The van der Waals surface area contributed by atoms with E-state index in [2.05, 4.69) is 22.0 Å². The highest BCUT2D eigenvalue weighted by Crippen LogP contribution is 2.30. The summed E-state index contributed by atoms with van der Waals surface area (Å²) < 4.78 is 1.64. The van der Waals surface area contributed by atoms with Crippen molar-refractivity contribution in [1.82, 2.24) is 19.7 Å². The van der Waals surface area contributed by atoms with E-state index in [1.54, 1.807) is 23.1 Å². The van der Waals surface area contributed by atoms with Crippen molar-refractivity contribution >= 4 is 23.5 Å². The summed E-state index contributed by atoms with van der Waals surface area (Å²) in [5, 5.41) is 6.87. The van der Waals surface area contributed by atoms with Gasteiger partial charge in [-0.15, -0.1) is 5.10 Å². The molecule has 1 aromatic heterocycles. The van der Waals surface area contributed by atoms with Crippen LogP contribution in [0.1, 0.15) is 21.5 Å². The van der Waals surface area contributed by atoms with Crippen LogP contribution in [0.25, 0.3) is 5.70 Å². The third-order valence-corrected chi connectivity index (χ3v) is 4.32.